The molecular weight excluding hydrogens is 628 g/mol. The van der Waals surface area contributed by atoms with Crippen molar-refractivity contribution in [3.05, 3.63) is 107 Å². The average molecular weight is 667 g/mol. The van der Waals surface area contributed by atoms with E-state index in [1.165, 1.54) is 5.01 Å². The molecule has 12 heteroatoms. The third-order valence-electron chi connectivity index (χ3n) is 10.0. The summed E-state index contributed by atoms with van der Waals surface area (Å²) in [6.45, 7) is 5.51. The molecule has 0 bridgehead atoms. The fraction of sp³-hybridized carbons (Fsp3) is 0.361. The van der Waals surface area contributed by atoms with Crippen molar-refractivity contribution in [2.45, 2.75) is 69.0 Å². The maximum Gasteiger partial charge on any atom is 0.261 e. The van der Waals surface area contributed by atoms with E-state index in [-0.39, 0.29) is 24.3 Å². The van der Waals surface area contributed by atoms with Gasteiger partial charge in [-0.05, 0) is 48.8 Å². The Bertz CT molecular complexity index is 1860. The van der Waals surface area contributed by atoms with Crippen LogP contribution in [0.25, 0.3) is 0 Å². The van der Waals surface area contributed by atoms with E-state index in [1.807, 2.05) is 67.6 Å². The van der Waals surface area contributed by atoms with Crippen LogP contribution in [0.2, 0.25) is 18.6 Å². The molecule has 4 heterocycles. The summed E-state index contributed by atoms with van der Waals surface area (Å²) in [6.07, 6.45) is 2.49. The number of nitrogens with zero attached hydrogens (tertiary/aromatic N) is 5. The van der Waals surface area contributed by atoms with Crippen molar-refractivity contribution < 1.29 is 23.5 Å². The first kappa shape index (κ1) is 32.0. The summed E-state index contributed by atoms with van der Waals surface area (Å²) in [4.78, 5) is 27.0. The molecule has 5 atom stereocenters. The van der Waals surface area contributed by atoms with Crippen LogP contribution in [0.5, 0.6) is 0 Å². The van der Waals surface area contributed by atoms with Crippen LogP contribution in [0.4, 0.5) is 15.5 Å². The zero-order valence-corrected chi connectivity index (χ0v) is 28.2. The molecule has 1 unspecified atom stereocenters. The number of aliphatic hydroxyl groups excluding tert-OH is 1. The molecule has 0 radical (unpaired) electrons. The van der Waals surface area contributed by atoms with Crippen LogP contribution in [-0.2, 0) is 26.5 Å². The molecule has 4 aromatic rings. The van der Waals surface area contributed by atoms with Gasteiger partial charge < -0.3 is 19.3 Å². The zero-order chi connectivity index (χ0) is 33.6. The molecule has 0 aliphatic carbocycles. The molecule has 7 rings (SSSR count). The van der Waals surface area contributed by atoms with Crippen LogP contribution in [0.1, 0.15) is 54.5 Å². The summed E-state index contributed by atoms with van der Waals surface area (Å²) in [5, 5.41) is 27.8. The average Bonchev–Trinajstić information content (AvgIpc) is 3.75. The first-order chi connectivity index (χ1) is 23.1. The summed E-state index contributed by atoms with van der Waals surface area (Å²) < 4.78 is 24.7. The van der Waals surface area contributed by atoms with Gasteiger partial charge in [0.25, 0.3) is 5.91 Å². The molecule has 1 spiro atoms. The SMILES string of the molecule is C[C@H]1[C@H]([Si](C)(C)F)[C@@H](CCn2cc(C(CO)c3ccccc3)nn2)O[C@]12C(=O)Nc1ccc(N3N=C(c4ccccc4)CCC3=O)cc12. The molecule has 1 aromatic heterocycles. The Hall–Kier alpha value is -4.52. The summed E-state index contributed by atoms with van der Waals surface area (Å²) >= 11 is 0. The van der Waals surface area contributed by atoms with Crippen LogP contribution in [0.3, 0.4) is 0 Å². The fourth-order valence-corrected chi connectivity index (χ4v) is 10.3. The van der Waals surface area contributed by atoms with Gasteiger partial charge in [-0.2, -0.15) is 5.10 Å². The van der Waals surface area contributed by atoms with E-state index in [1.54, 1.807) is 42.2 Å². The molecule has 48 heavy (non-hydrogen) atoms. The predicted molar refractivity (Wildman–Crippen MR) is 183 cm³/mol. The molecule has 248 valence electrons. The standard InChI is InChI=1S/C36H39FN6O4Si/c1-23-34(48(2,3)37)32(18-19-42-21-31(39-41-42)27(22-44)24-10-6-4-7-11-24)47-36(23)28-20-26(14-15-30(28)38-35(36)46)43-33(45)17-16-29(40-43)25-12-8-5-9-13-25/h4-15,20-21,23,27,32,34,44H,16-19,22H2,1-3H3,(H,38,46)/t23-,27?,32+,34-,36+/m0/s1. The number of aliphatic hydroxyl groups is 1. The second-order valence-corrected chi connectivity index (χ2v) is 17.2. The number of aryl methyl sites for hydroxylation is 1. The van der Waals surface area contributed by atoms with Crippen molar-refractivity contribution in [1.29, 1.82) is 0 Å². The van der Waals surface area contributed by atoms with Gasteiger partial charge >= 0.3 is 0 Å². The van der Waals surface area contributed by atoms with Gasteiger partial charge in [-0.15, -0.1) is 5.10 Å². The van der Waals surface area contributed by atoms with Crippen molar-refractivity contribution in [3.63, 3.8) is 0 Å². The van der Waals surface area contributed by atoms with Gasteiger partial charge in [-0.3, -0.25) is 14.3 Å². The molecule has 10 nitrogen and oxygen atoms in total. The van der Waals surface area contributed by atoms with Gasteiger partial charge in [0.2, 0.25) is 14.3 Å². The minimum atomic E-state index is -3.37. The molecule has 0 saturated carbocycles. The van der Waals surface area contributed by atoms with Crippen LogP contribution >= 0.6 is 0 Å². The van der Waals surface area contributed by atoms with Crippen molar-refractivity contribution in [2.75, 3.05) is 16.9 Å². The van der Waals surface area contributed by atoms with Gasteiger partial charge in [-0.1, -0.05) is 72.8 Å². The molecule has 2 N–H and O–H groups in total. The predicted octanol–water partition coefficient (Wildman–Crippen LogP) is 5.75. The first-order valence-corrected chi connectivity index (χ1v) is 19.4. The summed E-state index contributed by atoms with van der Waals surface area (Å²) in [5.41, 5.74) is 3.12. The van der Waals surface area contributed by atoms with Gasteiger partial charge in [0, 0.05) is 48.3 Å². The van der Waals surface area contributed by atoms with E-state index in [4.69, 9.17) is 9.84 Å². The normalized spacial score (nSPS) is 24.5. The van der Waals surface area contributed by atoms with Crippen LogP contribution < -0.4 is 10.3 Å². The molecule has 1 fully saturated rings. The summed E-state index contributed by atoms with van der Waals surface area (Å²) in [7, 11) is -3.37. The van der Waals surface area contributed by atoms with Crippen molar-refractivity contribution in [1.82, 2.24) is 15.0 Å². The first-order valence-electron chi connectivity index (χ1n) is 16.4. The van der Waals surface area contributed by atoms with E-state index in [9.17, 15) is 14.7 Å². The molecule has 3 aliphatic heterocycles. The van der Waals surface area contributed by atoms with Crippen molar-refractivity contribution in [2.24, 2.45) is 11.0 Å². The Morgan fingerprint density at radius 2 is 1.79 bits per heavy atom. The zero-order valence-electron chi connectivity index (χ0n) is 27.2. The summed E-state index contributed by atoms with van der Waals surface area (Å²) in [6, 6.07) is 24.7. The monoisotopic (exact) mass is 666 g/mol. The third kappa shape index (κ3) is 5.57. The lowest BCUT2D eigenvalue weighted by atomic mass is 9.82. The summed E-state index contributed by atoms with van der Waals surface area (Å²) in [5.74, 6) is -1.27. The number of nitrogens with one attached hydrogen (secondary N) is 1. The second-order valence-electron chi connectivity index (χ2n) is 13.4. The number of benzene rings is 3. The quantitative estimate of drug-likeness (QED) is 0.173. The lowest BCUT2D eigenvalue weighted by Gasteiger charge is -2.31. The van der Waals surface area contributed by atoms with Gasteiger partial charge in [0.1, 0.15) is 0 Å². The molecule has 2 amide bonds. The smallest absolute Gasteiger partial charge is 0.261 e. The minimum Gasteiger partial charge on any atom is -0.395 e. The number of hydrazone groups is 1. The van der Waals surface area contributed by atoms with E-state index in [0.29, 0.717) is 48.4 Å². The second kappa shape index (κ2) is 12.5. The number of halogens is 1. The number of carbonyl (C=O) groups is 2. The van der Waals surface area contributed by atoms with Crippen molar-refractivity contribution >= 4 is 37.3 Å². The van der Waals surface area contributed by atoms with Crippen molar-refractivity contribution in [3.8, 4) is 0 Å². The van der Waals surface area contributed by atoms with E-state index in [0.717, 1.165) is 16.8 Å². The number of rotatable bonds is 9. The van der Waals surface area contributed by atoms with Gasteiger partial charge in [0.05, 0.1) is 35.7 Å². The molecule has 1 saturated heterocycles. The number of ether oxygens (including phenoxy) is 1. The number of carbonyl (C=O) groups excluding carboxylic acids is 2. The van der Waals surface area contributed by atoms with Crippen LogP contribution in [0, 0.1) is 5.92 Å². The third-order valence-corrected chi connectivity index (χ3v) is 12.5. The highest BCUT2D eigenvalue weighted by Crippen LogP contribution is 2.59. The van der Waals surface area contributed by atoms with Gasteiger partial charge in [-0.25, -0.2) is 5.01 Å². The fourth-order valence-electron chi connectivity index (χ4n) is 7.75. The number of amides is 2. The topological polar surface area (TPSA) is 122 Å². The molecule has 3 aromatic carbocycles. The number of anilines is 2. The van der Waals surface area contributed by atoms with E-state index in [2.05, 4.69) is 15.6 Å². The Morgan fingerprint density at radius 3 is 2.50 bits per heavy atom. The number of fused-ring (bicyclic) bond motifs is 2. The highest BCUT2D eigenvalue weighted by Gasteiger charge is 2.65. The maximum absolute atomic E-state index is 16.2. The highest BCUT2D eigenvalue weighted by atomic mass is 28.4. The number of hydrogen-bond acceptors (Lipinski definition) is 7. The Balaban J connectivity index is 1.18. The van der Waals surface area contributed by atoms with Gasteiger partial charge in [0.15, 0.2) is 5.60 Å². The highest BCUT2D eigenvalue weighted by molar-refractivity contribution is 6.72. The van der Waals surface area contributed by atoms with Crippen LogP contribution in [-0.4, -0.2) is 58.7 Å². The van der Waals surface area contributed by atoms with E-state index >= 15 is 4.11 Å². The Morgan fingerprint density at radius 1 is 1.06 bits per heavy atom. The lowest BCUT2D eigenvalue weighted by molar-refractivity contribution is -0.143. The lowest BCUT2D eigenvalue weighted by Crippen LogP contribution is -2.42. The Labute approximate surface area is 279 Å². The Kier molecular flexibility index (Phi) is 8.34. The molecular formula is C36H39FN6O4Si. The number of aromatic nitrogens is 3. The van der Waals surface area contributed by atoms with Crippen LogP contribution in [0.15, 0.2) is 90.2 Å². The number of hydrogen-bond donors (Lipinski definition) is 2. The van der Waals surface area contributed by atoms with E-state index < -0.39 is 31.6 Å². The molecule has 3 aliphatic rings. The largest absolute Gasteiger partial charge is 0.395 e. The minimum absolute atomic E-state index is 0.114. The maximum atomic E-state index is 16.2.